The van der Waals surface area contributed by atoms with Gasteiger partial charge in [-0.15, -0.1) is 0 Å². The third-order valence-corrected chi connectivity index (χ3v) is 4.41. The monoisotopic (exact) mass is 332 g/mol. The van der Waals surface area contributed by atoms with E-state index in [0.717, 1.165) is 4.47 Å². The standard InChI is InChI=1S/C17H21BrN2/c1-12-16(18)6-5-7-17(12)19-13(2)14-8-10-15(11-9-14)20(3)4/h5-11,13,19H,1-4H3. The van der Waals surface area contributed by atoms with E-state index in [-0.39, 0.29) is 6.04 Å². The van der Waals surface area contributed by atoms with Crippen molar-refractivity contribution >= 4 is 27.3 Å². The van der Waals surface area contributed by atoms with Gasteiger partial charge < -0.3 is 10.2 Å². The van der Waals surface area contributed by atoms with Gasteiger partial charge in [0.25, 0.3) is 0 Å². The number of anilines is 2. The first kappa shape index (κ1) is 14.9. The van der Waals surface area contributed by atoms with E-state index >= 15 is 0 Å². The zero-order valence-corrected chi connectivity index (χ0v) is 14.0. The average Bonchev–Trinajstić information content (AvgIpc) is 2.44. The van der Waals surface area contributed by atoms with Crippen molar-refractivity contribution in [3.05, 3.63) is 58.1 Å². The van der Waals surface area contributed by atoms with Gasteiger partial charge in [-0.25, -0.2) is 0 Å². The lowest BCUT2D eigenvalue weighted by atomic mass is 10.1. The van der Waals surface area contributed by atoms with Gasteiger partial charge in [0, 0.05) is 36.0 Å². The zero-order valence-electron chi connectivity index (χ0n) is 12.4. The summed E-state index contributed by atoms with van der Waals surface area (Å²) in [6.45, 7) is 4.30. The van der Waals surface area contributed by atoms with E-state index < -0.39 is 0 Å². The molecule has 0 spiro atoms. The first-order valence-corrected chi connectivity index (χ1v) is 7.57. The zero-order chi connectivity index (χ0) is 14.7. The van der Waals surface area contributed by atoms with Crippen LogP contribution in [0.5, 0.6) is 0 Å². The number of rotatable bonds is 4. The molecule has 0 saturated carbocycles. The normalized spacial score (nSPS) is 12.1. The van der Waals surface area contributed by atoms with Crippen LogP contribution in [-0.2, 0) is 0 Å². The first-order chi connectivity index (χ1) is 9.49. The molecule has 106 valence electrons. The SMILES string of the molecule is Cc1c(Br)cccc1NC(C)c1ccc(N(C)C)cc1. The molecular weight excluding hydrogens is 312 g/mol. The molecule has 20 heavy (non-hydrogen) atoms. The fourth-order valence-corrected chi connectivity index (χ4v) is 2.51. The minimum absolute atomic E-state index is 0.277. The topological polar surface area (TPSA) is 15.3 Å². The summed E-state index contributed by atoms with van der Waals surface area (Å²) in [4.78, 5) is 2.11. The molecular formula is C17H21BrN2. The Bertz CT molecular complexity index is 576. The number of hydrogen-bond donors (Lipinski definition) is 1. The predicted octanol–water partition coefficient (Wildman–Crippen LogP) is 5.00. The van der Waals surface area contributed by atoms with Crippen molar-refractivity contribution < 1.29 is 0 Å². The summed E-state index contributed by atoms with van der Waals surface area (Å²) in [7, 11) is 4.11. The maximum Gasteiger partial charge on any atom is 0.0485 e. The Hall–Kier alpha value is -1.48. The molecule has 2 rings (SSSR count). The van der Waals surface area contributed by atoms with E-state index in [1.807, 2.05) is 0 Å². The van der Waals surface area contributed by atoms with E-state index in [9.17, 15) is 0 Å². The van der Waals surface area contributed by atoms with Crippen LogP contribution in [0.4, 0.5) is 11.4 Å². The Morgan fingerprint density at radius 2 is 1.70 bits per heavy atom. The third-order valence-electron chi connectivity index (χ3n) is 3.55. The summed E-state index contributed by atoms with van der Waals surface area (Å²) < 4.78 is 1.14. The smallest absolute Gasteiger partial charge is 0.0485 e. The highest BCUT2D eigenvalue weighted by atomic mass is 79.9. The van der Waals surface area contributed by atoms with E-state index in [2.05, 4.69) is 96.6 Å². The van der Waals surface area contributed by atoms with Crippen molar-refractivity contribution in [1.82, 2.24) is 0 Å². The second kappa shape index (κ2) is 6.31. The fourth-order valence-electron chi connectivity index (χ4n) is 2.14. The second-order valence-electron chi connectivity index (χ2n) is 5.26. The molecule has 0 aliphatic rings. The molecule has 1 N–H and O–H groups in total. The Balaban J connectivity index is 2.15. The number of benzene rings is 2. The maximum atomic E-state index is 3.57. The lowest BCUT2D eigenvalue weighted by molar-refractivity contribution is 0.881. The molecule has 0 saturated heterocycles. The Labute approximate surface area is 129 Å². The van der Waals surface area contributed by atoms with Crippen molar-refractivity contribution in [2.45, 2.75) is 19.9 Å². The van der Waals surface area contributed by atoms with Crippen LogP contribution in [0.15, 0.2) is 46.9 Å². The first-order valence-electron chi connectivity index (χ1n) is 6.78. The molecule has 0 aliphatic carbocycles. The van der Waals surface area contributed by atoms with Crippen molar-refractivity contribution in [3.8, 4) is 0 Å². The summed E-state index contributed by atoms with van der Waals surface area (Å²) in [5, 5.41) is 3.57. The highest BCUT2D eigenvalue weighted by molar-refractivity contribution is 9.10. The highest BCUT2D eigenvalue weighted by Gasteiger charge is 2.08. The van der Waals surface area contributed by atoms with Crippen LogP contribution < -0.4 is 10.2 Å². The van der Waals surface area contributed by atoms with Crippen LogP contribution in [0.2, 0.25) is 0 Å². The van der Waals surface area contributed by atoms with Crippen molar-refractivity contribution in [1.29, 1.82) is 0 Å². The Kier molecular flexibility index (Phi) is 4.71. The minimum Gasteiger partial charge on any atom is -0.378 e. The average molecular weight is 333 g/mol. The van der Waals surface area contributed by atoms with E-state index in [4.69, 9.17) is 0 Å². The van der Waals surface area contributed by atoms with Gasteiger partial charge in [0.15, 0.2) is 0 Å². The number of hydrogen-bond acceptors (Lipinski definition) is 2. The van der Waals surface area contributed by atoms with Gasteiger partial charge in [-0.2, -0.15) is 0 Å². The van der Waals surface area contributed by atoms with E-state index in [1.54, 1.807) is 0 Å². The number of nitrogens with zero attached hydrogens (tertiary/aromatic N) is 1. The van der Waals surface area contributed by atoms with Crippen LogP contribution in [0, 0.1) is 6.92 Å². The summed E-state index contributed by atoms with van der Waals surface area (Å²) in [6, 6.07) is 15.2. The highest BCUT2D eigenvalue weighted by Crippen LogP contribution is 2.27. The molecule has 1 unspecified atom stereocenters. The summed E-state index contributed by atoms with van der Waals surface area (Å²) in [6.07, 6.45) is 0. The van der Waals surface area contributed by atoms with Crippen LogP contribution in [0.3, 0.4) is 0 Å². The van der Waals surface area contributed by atoms with Gasteiger partial charge in [0.05, 0.1) is 0 Å². The molecule has 0 amide bonds. The van der Waals surface area contributed by atoms with E-state index in [1.165, 1.54) is 22.5 Å². The molecule has 2 aromatic rings. The molecule has 0 radical (unpaired) electrons. The van der Waals surface area contributed by atoms with E-state index in [0.29, 0.717) is 0 Å². The molecule has 0 bridgehead atoms. The second-order valence-corrected chi connectivity index (χ2v) is 6.12. The molecule has 1 atom stereocenters. The fraction of sp³-hybridized carbons (Fsp3) is 0.294. The van der Waals surface area contributed by atoms with Gasteiger partial charge in [0.2, 0.25) is 0 Å². The summed E-state index contributed by atoms with van der Waals surface area (Å²) >= 11 is 3.57. The quantitative estimate of drug-likeness (QED) is 0.847. The van der Waals surface area contributed by atoms with Crippen LogP contribution >= 0.6 is 15.9 Å². The summed E-state index contributed by atoms with van der Waals surface area (Å²) in [5.41, 5.74) is 4.92. The van der Waals surface area contributed by atoms with Gasteiger partial charge in [-0.1, -0.05) is 34.1 Å². The Morgan fingerprint density at radius 3 is 2.30 bits per heavy atom. The molecule has 3 heteroatoms. The van der Waals surface area contributed by atoms with Gasteiger partial charge in [-0.3, -0.25) is 0 Å². The molecule has 0 fully saturated rings. The molecule has 0 aromatic heterocycles. The predicted molar refractivity (Wildman–Crippen MR) is 91.7 cm³/mol. The largest absolute Gasteiger partial charge is 0.378 e. The van der Waals surface area contributed by atoms with Crippen molar-refractivity contribution in [3.63, 3.8) is 0 Å². The number of halogens is 1. The molecule has 2 nitrogen and oxygen atoms in total. The molecule has 2 aromatic carbocycles. The van der Waals surface area contributed by atoms with Gasteiger partial charge in [0.1, 0.15) is 0 Å². The van der Waals surface area contributed by atoms with Gasteiger partial charge >= 0.3 is 0 Å². The van der Waals surface area contributed by atoms with Gasteiger partial charge in [-0.05, 0) is 49.2 Å². The lowest BCUT2D eigenvalue weighted by Crippen LogP contribution is -2.10. The van der Waals surface area contributed by atoms with Crippen molar-refractivity contribution in [2.75, 3.05) is 24.3 Å². The minimum atomic E-state index is 0.277. The van der Waals surface area contributed by atoms with Crippen LogP contribution in [0.25, 0.3) is 0 Å². The molecule has 0 aliphatic heterocycles. The summed E-state index contributed by atoms with van der Waals surface area (Å²) in [5.74, 6) is 0. The van der Waals surface area contributed by atoms with Crippen LogP contribution in [0.1, 0.15) is 24.1 Å². The van der Waals surface area contributed by atoms with Crippen LogP contribution in [-0.4, -0.2) is 14.1 Å². The lowest BCUT2D eigenvalue weighted by Gasteiger charge is -2.19. The number of nitrogens with one attached hydrogen (secondary N) is 1. The van der Waals surface area contributed by atoms with Crippen molar-refractivity contribution in [2.24, 2.45) is 0 Å². The Morgan fingerprint density at radius 1 is 1.05 bits per heavy atom. The third kappa shape index (κ3) is 3.34. The maximum absolute atomic E-state index is 3.57. The molecule has 0 heterocycles.